The first kappa shape index (κ1) is 16.5. The molecule has 5 heteroatoms. The van der Waals surface area contributed by atoms with Crippen LogP contribution < -0.4 is 0 Å². The molecule has 1 unspecified atom stereocenters. The van der Waals surface area contributed by atoms with Crippen molar-refractivity contribution < 1.29 is 14.4 Å². The molecular weight excluding hydrogens is 292 g/mol. The molecule has 5 nitrogen and oxygen atoms in total. The van der Waals surface area contributed by atoms with E-state index >= 15 is 0 Å². The first-order valence-corrected chi connectivity index (χ1v) is 9.24. The van der Waals surface area contributed by atoms with Crippen LogP contribution in [0.5, 0.6) is 0 Å². The van der Waals surface area contributed by atoms with E-state index in [-0.39, 0.29) is 36.2 Å². The van der Waals surface area contributed by atoms with E-state index < -0.39 is 6.04 Å². The fourth-order valence-corrected chi connectivity index (χ4v) is 4.53. The minimum atomic E-state index is -0.551. The zero-order valence-corrected chi connectivity index (χ0v) is 14.1. The van der Waals surface area contributed by atoms with Crippen LogP contribution in [0.3, 0.4) is 0 Å². The van der Waals surface area contributed by atoms with Gasteiger partial charge in [0.1, 0.15) is 11.8 Å². The Balaban J connectivity index is 1.83. The molecule has 3 aliphatic rings. The van der Waals surface area contributed by atoms with Gasteiger partial charge < -0.3 is 4.90 Å². The van der Waals surface area contributed by atoms with Crippen LogP contribution in [0, 0.1) is 0 Å². The average molecular weight is 320 g/mol. The third-order valence-corrected chi connectivity index (χ3v) is 5.67. The van der Waals surface area contributed by atoms with E-state index in [1.165, 1.54) is 24.7 Å². The summed E-state index contributed by atoms with van der Waals surface area (Å²) in [7, 11) is 0. The highest BCUT2D eigenvalue weighted by Crippen LogP contribution is 2.34. The molecule has 23 heavy (non-hydrogen) atoms. The highest BCUT2D eigenvalue weighted by Gasteiger charge is 2.50. The van der Waals surface area contributed by atoms with Gasteiger partial charge in [-0.25, -0.2) is 4.79 Å². The summed E-state index contributed by atoms with van der Waals surface area (Å²) >= 11 is 0. The SMILES string of the molecule is CC(=O)CC1C(=O)N(C2CCCCC2)C(=O)N1C1CCCCC1. The summed E-state index contributed by atoms with van der Waals surface area (Å²) in [6.45, 7) is 1.51. The predicted octanol–water partition coefficient (Wildman–Crippen LogP) is 3.26. The topological polar surface area (TPSA) is 57.7 Å². The predicted molar refractivity (Wildman–Crippen MR) is 86.9 cm³/mol. The van der Waals surface area contributed by atoms with E-state index in [4.69, 9.17) is 0 Å². The molecule has 0 aromatic carbocycles. The quantitative estimate of drug-likeness (QED) is 0.747. The summed E-state index contributed by atoms with van der Waals surface area (Å²) in [6.07, 6.45) is 10.7. The summed E-state index contributed by atoms with van der Waals surface area (Å²) in [6, 6.07) is -0.491. The number of urea groups is 1. The van der Waals surface area contributed by atoms with Gasteiger partial charge in [0.05, 0.1) is 0 Å². The van der Waals surface area contributed by atoms with Crippen molar-refractivity contribution in [2.24, 2.45) is 0 Å². The number of hydrogen-bond acceptors (Lipinski definition) is 3. The standard InChI is InChI=1S/C18H28N2O3/c1-13(21)12-16-17(22)20(15-10-6-3-7-11-15)18(23)19(16)14-8-4-2-5-9-14/h14-16H,2-12H2,1H3. The summed E-state index contributed by atoms with van der Waals surface area (Å²) in [5.41, 5.74) is 0. The maximum Gasteiger partial charge on any atom is 0.327 e. The highest BCUT2D eigenvalue weighted by atomic mass is 16.2. The largest absolute Gasteiger partial charge is 0.327 e. The normalized spacial score (nSPS) is 27.8. The van der Waals surface area contributed by atoms with E-state index in [0.29, 0.717) is 0 Å². The Morgan fingerprint density at radius 2 is 1.43 bits per heavy atom. The lowest BCUT2D eigenvalue weighted by molar-refractivity contribution is -0.133. The summed E-state index contributed by atoms with van der Waals surface area (Å²) in [5.74, 6) is -0.134. The van der Waals surface area contributed by atoms with E-state index in [1.54, 1.807) is 4.90 Å². The average Bonchev–Trinajstić information content (AvgIpc) is 2.79. The molecule has 2 aliphatic carbocycles. The molecule has 1 heterocycles. The van der Waals surface area contributed by atoms with Gasteiger partial charge in [-0.1, -0.05) is 38.5 Å². The summed E-state index contributed by atoms with van der Waals surface area (Å²) in [4.78, 5) is 40.9. The van der Waals surface area contributed by atoms with E-state index in [0.717, 1.165) is 51.4 Å². The molecule has 1 atom stereocenters. The number of hydrogen-bond donors (Lipinski definition) is 0. The number of carbonyl (C=O) groups is 3. The monoisotopic (exact) mass is 320 g/mol. The van der Waals surface area contributed by atoms with Crippen LogP contribution in [0.15, 0.2) is 0 Å². The lowest BCUT2D eigenvalue weighted by atomic mass is 9.93. The second-order valence-electron chi connectivity index (χ2n) is 7.40. The maximum atomic E-state index is 13.0. The van der Waals surface area contributed by atoms with Gasteiger partial charge >= 0.3 is 6.03 Å². The van der Waals surface area contributed by atoms with Crippen LogP contribution in [0.2, 0.25) is 0 Å². The van der Waals surface area contributed by atoms with Crippen molar-refractivity contribution in [3.63, 3.8) is 0 Å². The molecule has 0 N–H and O–H groups in total. The molecule has 0 radical (unpaired) electrons. The molecule has 0 aromatic heterocycles. The Labute approximate surface area is 138 Å². The molecular formula is C18H28N2O3. The fraction of sp³-hybridized carbons (Fsp3) is 0.833. The van der Waals surface area contributed by atoms with Crippen molar-refractivity contribution in [3.8, 4) is 0 Å². The van der Waals surface area contributed by atoms with Crippen LogP contribution in [0.1, 0.15) is 77.6 Å². The number of amides is 3. The lowest BCUT2D eigenvalue weighted by Gasteiger charge is -2.34. The Kier molecular flexibility index (Phi) is 5.02. The second-order valence-corrected chi connectivity index (χ2v) is 7.40. The Morgan fingerprint density at radius 3 is 1.96 bits per heavy atom. The van der Waals surface area contributed by atoms with Gasteiger partial charge in [-0.15, -0.1) is 0 Å². The van der Waals surface area contributed by atoms with Crippen molar-refractivity contribution in [2.45, 2.75) is 95.7 Å². The molecule has 3 rings (SSSR count). The van der Waals surface area contributed by atoms with Crippen LogP contribution in [0.25, 0.3) is 0 Å². The summed E-state index contributed by atoms with van der Waals surface area (Å²) < 4.78 is 0. The molecule has 1 saturated heterocycles. The van der Waals surface area contributed by atoms with Crippen molar-refractivity contribution >= 4 is 17.7 Å². The maximum absolute atomic E-state index is 13.0. The molecule has 128 valence electrons. The number of carbonyl (C=O) groups excluding carboxylic acids is 3. The Morgan fingerprint density at radius 1 is 0.913 bits per heavy atom. The minimum absolute atomic E-state index is 0.0116. The highest BCUT2D eigenvalue weighted by molar-refractivity contribution is 6.06. The number of Topliss-reactive ketones (excluding diaryl/α,β-unsaturated/α-hetero) is 1. The van der Waals surface area contributed by atoms with Gasteiger partial charge in [-0.05, 0) is 32.6 Å². The van der Waals surface area contributed by atoms with Gasteiger partial charge in [0.15, 0.2) is 0 Å². The van der Waals surface area contributed by atoms with Crippen molar-refractivity contribution in [2.75, 3.05) is 0 Å². The third-order valence-electron chi connectivity index (χ3n) is 5.67. The molecule has 0 aromatic rings. The van der Waals surface area contributed by atoms with Crippen LogP contribution >= 0.6 is 0 Å². The van der Waals surface area contributed by atoms with Gasteiger partial charge in [0.25, 0.3) is 5.91 Å². The summed E-state index contributed by atoms with van der Waals surface area (Å²) in [5, 5.41) is 0. The minimum Gasteiger partial charge on any atom is -0.309 e. The van der Waals surface area contributed by atoms with Gasteiger partial charge in [0.2, 0.25) is 0 Å². The van der Waals surface area contributed by atoms with Gasteiger partial charge in [0, 0.05) is 18.5 Å². The number of rotatable bonds is 4. The molecule has 0 bridgehead atoms. The zero-order chi connectivity index (χ0) is 16.4. The molecule has 2 saturated carbocycles. The first-order chi connectivity index (χ1) is 11.1. The molecule has 1 aliphatic heterocycles. The third kappa shape index (κ3) is 3.29. The smallest absolute Gasteiger partial charge is 0.309 e. The number of nitrogens with zero attached hydrogens (tertiary/aromatic N) is 2. The van der Waals surface area contributed by atoms with Gasteiger partial charge in [-0.2, -0.15) is 0 Å². The Bertz CT molecular complexity index is 479. The van der Waals surface area contributed by atoms with Crippen LogP contribution in [0.4, 0.5) is 4.79 Å². The van der Waals surface area contributed by atoms with Crippen molar-refractivity contribution in [3.05, 3.63) is 0 Å². The van der Waals surface area contributed by atoms with E-state index in [1.807, 2.05) is 0 Å². The number of imide groups is 1. The van der Waals surface area contributed by atoms with Gasteiger partial charge in [-0.3, -0.25) is 14.5 Å². The molecule has 3 fully saturated rings. The lowest BCUT2D eigenvalue weighted by Crippen LogP contribution is -2.46. The van der Waals surface area contributed by atoms with Crippen molar-refractivity contribution in [1.82, 2.24) is 9.80 Å². The molecule has 0 spiro atoms. The van der Waals surface area contributed by atoms with Crippen LogP contribution in [-0.4, -0.2) is 45.6 Å². The number of ketones is 1. The second kappa shape index (κ2) is 7.02. The van der Waals surface area contributed by atoms with Crippen molar-refractivity contribution in [1.29, 1.82) is 0 Å². The first-order valence-electron chi connectivity index (χ1n) is 9.24. The molecule has 3 amide bonds. The van der Waals surface area contributed by atoms with Crippen LogP contribution in [-0.2, 0) is 9.59 Å². The fourth-order valence-electron chi connectivity index (χ4n) is 4.53. The van der Waals surface area contributed by atoms with E-state index in [9.17, 15) is 14.4 Å². The van der Waals surface area contributed by atoms with E-state index in [2.05, 4.69) is 0 Å². The zero-order valence-electron chi connectivity index (χ0n) is 14.1. The Hall–Kier alpha value is -1.39.